The molecule has 1 fully saturated rings. The summed E-state index contributed by atoms with van der Waals surface area (Å²) >= 11 is 0. The number of hydrogen-bond acceptors (Lipinski definition) is 4. The number of nitrogens with zero attached hydrogens (tertiary/aromatic N) is 1. The minimum atomic E-state index is -0.113. The van der Waals surface area contributed by atoms with Gasteiger partial charge in [0.15, 0.2) is 6.61 Å². The molecule has 5 heteroatoms. The van der Waals surface area contributed by atoms with Crippen LogP contribution in [0.4, 0.5) is 5.69 Å². The monoisotopic (exact) mass is 287 g/mol. The molecule has 2 unspecified atom stereocenters. The second-order valence-corrected chi connectivity index (χ2v) is 5.27. The molecule has 0 aliphatic carbocycles. The number of benzene rings is 1. The minimum Gasteiger partial charge on any atom is -0.479 e. The molecule has 21 heavy (non-hydrogen) atoms. The largest absolute Gasteiger partial charge is 0.479 e. The zero-order valence-corrected chi connectivity index (χ0v) is 12.3. The second-order valence-electron chi connectivity index (χ2n) is 5.27. The van der Waals surface area contributed by atoms with Crippen LogP contribution in [0.25, 0.3) is 0 Å². The summed E-state index contributed by atoms with van der Waals surface area (Å²) < 4.78 is 5.17. The van der Waals surface area contributed by atoms with Crippen molar-refractivity contribution in [1.29, 1.82) is 5.26 Å². The van der Waals surface area contributed by atoms with E-state index in [-0.39, 0.29) is 18.6 Å². The summed E-state index contributed by atoms with van der Waals surface area (Å²) in [6.45, 7) is 3.10. The van der Waals surface area contributed by atoms with Crippen molar-refractivity contribution in [3.63, 3.8) is 0 Å². The standard InChI is InChI=1S/C16H21N3O2/c1-2-12-7-9-18-15(11-12)16(20)19-13-3-5-14(6-4-13)21-10-8-17/h3-6,12,15,18H,2,7,9-11H2,1H3,(H,19,20). The lowest BCUT2D eigenvalue weighted by molar-refractivity contribution is -0.119. The molecular formula is C16H21N3O2. The van der Waals surface area contributed by atoms with Crippen LogP contribution in [0.5, 0.6) is 5.75 Å². The van der Waals surface area contributed by atoms with Crippen LogP contribution < -0.4 is 15.4 Å². The number of nitrogens with one attached hydrogen (secondary N) is 2. The van der Waals surface area contributed by atoms with Gasteiger partial charge in [0, 0.05) is 5.69 Å². The van der Waals surface area contributed by atoms with E-state index in [9.17, 15) is 4.79 Å². The van der Waals surface area contributed by atoms with Gasteiger partial charge in [-0.1, -0.05) is 13.3 Å². The van der Waals surface area contributed by atoms with E-state index in [1.165, 1.54) is 0 Å². The van der Waals surface area contributed by atoms with Crippen LogP contribution in [0, 0.1) is 17.2 Å². The third-order valence-electron chi connectivity index (χ3n) is 3.83. The number of carbonyl (C=O) groups excluding carboxylic acids is 1. The number of nitriles is 1. The highest BCUT2D eigenvalue weighted by molar-refractivity contribution is 5.94. The van der Waals surface area contributed by atoms with Gasteiger partial charge in [0.25, 0.3) is 0 Å². The summed E-state index contributed by atoms with van der Waals surface area (Å²) in [6.07, 6.45) is 3.16. The van der Waals surface area contributed by atoms with Crippen molar-refractivity contribution in [2.45, 2.75) is 32.2 Å². The van der Waals surface area contributed by atoms with Crippen LogP contribution in [0.3, 0.4) is 0 Å². The lowest BCUT2D eigenvalue weighted by Gasteiger charge is -2.28. The van der Waals surface area contributed by atoms with Crippen LogP contribution in [-0.4, -0.2) is 25.1 Å². The van der Waals surface area contributed by atoms with Crippen molar-refractivity contribution in [1.82, 2.24) is 5.32 Å². The molecule has 112 valence electrons. The lowest BCUT2D eigenvalue weighted by Crippen LogP contribution is -2.46. The summed E-state index contributed by atoms with van der Waals surface area (Å²) in [7, 11) is 0. The van der Waals surface area contributed by atoms with Gasteiger partial charge >= 0.3 is 0 Å². The van der Waals surface area contributed by atoms with E-state index in [1.807, 2.05) is 6.07 Å². The van der Waals surface area contributed by atoms with Crippen molar-refractivity contribution in [3.8, 4) is 11.8 Å². The van der Waals surface area contributed by atoms with Crippen LogP contribution in [-0.2, 0) is 4.79 Å². The Bertz CT molecular complexity index is 507. The maximum Gasteiger partial charge on any atom is 0.241 e. The molecule has 2 rings (SSSR count). The molecule has 0 saturated carbocycles. The first-order valence-electron chi connectivity index (χ1n) is 7.37. The Labute approximate surface area is 125 Å². The van der Waals surface area contributed by atoms with Crippen molar-refractivity contribution >= 4 is 11.6 Å². The zero-order chi connectivity index (χ0) is 15.1. The highest BCUT2D eigenvalue weighted by Gasteiger charge is 2.25. The SMILES string of the molecule is CCC1CCNC(C(=O)Nc2ccc(OCC#N)cc2)C1. The summed E-state index contributed by atoms with van der Waals surface area (Å²) in [6, 6.07) is 8.86. The summed E-state index contributed by atoms with van der Waals surface area (Å²) in [5.41, 5.74) is 0.740. The van der Waals surface area contributed by atoms with Gasteiger partial charge in [0.2, 0.25) is 5.91 Å². The molecule has 2 N–H and O–H groups in total. The maximum absolute atomic E-state index is 12.2. The molecule has 1 aliphatic rings. The predicted octanol–water partition coefficient (Wildman–Crippen LogP) is 2.31. The summed E-state index contributed by atoms with van der Waals surface area (Å²) in [5, 5.41) is 14.6. The lowest BCUT2D eigenvalue weighted by atomic mass is 9.90. The Morgan fingerprint density at radius 3 is 2.90 bits per heavy atom. The third kappa shape index (κ3) is 4.47. The predicted molar refractivity (Wildman–Crippen MR) is 81.0 cm³/mol. The molecule has 1 aliphatic heterocycles. The highest BCUT2D eigenvalue weighted by Crippen LogP contribution is 2.21. The van der Waals surface area contributed by atoms with Gasteiger partial charge < -0.3 is 15.4 Å². The first-order chi connectivity index (χ1) is 10.2. The number of hydrogen-bond donors (Lipinski definition) is 2. The Morgan fingerprint density at radius 2 is 2.24 bits per heavy atom. The van der Waals surface area contributed by atoms with Crippen LogP contribution in [0.15, 0.2) is 24.3 Å². The second kappa shape index (κ2) is 7.65. The molecule has 0 aromatic heterocycles. The Balaban J connectivity index is 1.88. The number of carbonyl (C=O) groups is 1. The van der Waals surface area contributed by atoms with Gasteiger partial charge in [-0.15, -0.1) is 0 Å². The molecule has 1 heterocycles. The maximum atomic E-state index is 12.2. The fraction of sp³-hybridized carbons (Fsp3) is 0.500. The molecule has 0 radical (unpaired) electrons. The van der Waals surface area contributed by atoms with E-state index < -0.39 is 0 Å². The van der Waals surface area contributed by atoms with Crippen molar-refractivity contribution in [2.24, 2.45) is 5.92 Å². The number of ether oxygens (including phenoxy) is 1. The molecule has 0 bridgehead atoms. The van der Waals surface area contributed by atoms with Crippen LogP contribution in [0.2, 0.25) is 0 Å². The Kier molecular flexibility index (Phi) is 5.59. The fourth-order valence-corrected chi connectivity index (χ4v) is 2.55. The van der Waals surface area contributed by atoms with Gasteiger partial charge in [-0.2, -0.15) is 5.26 Å². The van der Waals surface area contributed by atoms with Crippen LogP contribution in [0.1, 0.15) is 26.2 Å². The minimum absolute atomic E-state index is 0.0128. The quantitative estimate of drug-likeness (QED) is 0.871. The fourth-order valence-electron chi connectivity index (χ4n) is 2.55. The van der Waals surface area contributed by atoms with E-state index in [1.54, 1.807) is 24.3 Å². The molecule has 1 aromatic carbocycles. The molecular weight excluding hydrogens is 266 g/mol. The number of amides is 1. The summed E-state index contributed by atoms with van der Waals surface area (Å²) in [5.74, 6) is 1.26. The smallest absolute Gasteiger partial charge is 0.241 e. The third-order valence-corrected chi connectivity index (χ3v) is 3.83. The van der Waals surface area contributed by atoms with Crippen molar-refractivity contribution in [3.05, 3.63) is 24.3 Å². The van der Waals surface area contributed by atoms with E-state index >= 15 is 0 Å². The summed E-state index contributed by atoms with van der Waals surface area (Å²) in [4.78, 5) is 12.2. The molecule has 1 aromatic rings. The normalized spacial score (nSPS) is 21.3. The number of piperidine rings is 1. The van der Waals surface area contributed by atoms with Gasteiger partial charge in [0.1, 0.15) is 11.8 Å². The molecule has 2 atom stereocenters. The molecule has 1 saturated heterocycles. The zero-order valence-electron chi connectivity index (χ0n) is 12.3. The van der Waals surface area contributed by atoms with Gasteiger partial charge in [-0.3, -0.25) is 4.79 Å². The van der Waals surface area contributed by atoms with E-state index in [2.05, 4.69) is 17.6 Å². The average Bonchev–Trinajstić information content (AvgIpc) is 2.54. The Morgan fingerprint density at radius 1 is 1.48 bits per heavy atom. The molecule has 0 spiro atoms. The van der Waals surface area contributed by atoms with E-state index in [4.69, 9.17) is 10.00 Å². The molecule has 1 amide bonds. The van der Waals surface area contributed by atoms with E-state index in [0.717, 1.165) is 31.5 Å². The van der Waals surface area contributed by atoms with Crippen molar-refractivity contribution in [2.75, 3.05) is 18.5 Å². The first kappa shape index (κ1) is 15.3. The van der Waals surface area contributed by atoms with Gasteiger partial charge in [-0.25, -0.2) is 0 Å². The van der Waals surface area contributed by atoms with Crippen molar-refractivity contribution < 1.29 is 9.53 Å². The van der Waals surface area contributed by atoms with E-state index in [0.29, 0.717) is 11.7 Å². The van der Waals surface area contributed by atoms with Crippen LogP contribution >= 0.6 is 0 Å². The highest BCUT2D eigenvalue weighted by atomic mass is 16.5. The number of anilines is 1. The molecule has 5 nitrogen and oxygen atoms in total. The van der Waals surface area contributed by atoms with Gasteiger partial charge in [-0.05, 0) is 49.6 Å². The topological polar surface area (TPSA) is 74.2 Å². The first-order valence-corrected chi connectivity index (χ1v) is 7.37. The number of rotatable bonds is 5. The Hall–Kier alpha value is -2.06. The van der Waals surface area contributed by atoms with Gasteiger partial charge in [0.05, 0.1) is 6.04 Å². The average molecular weight is 287 g/mol.